The molecule has 0 aromatic rings. The summed E-state index contributed by atoms with van der Waals surface area (Å²) in [5.74, 6) is -0.912. The van der Waals surface area contributed by atoms with E-state index in [-0.39, 0.29) is 6.54 Å². The molecule has 0 heterocycles. The molecule has 0 atom stereocenters. The molecular formula is C3H6BNO2. The Bertz CT molecular complexity index is 73.3. The molecule has 0 bridgehead atoms. The van der Waals surface area contributed by atoms with E-state index in [9.17, 15) is 4.79 Å². The van der Waals surface area contributed by atoms with E-state index in [2.05, 4.69) is 0 Å². The van der Waals surface area contributed by atoms with E-state index in [0.29, 0.717) is 0 Å². The van der Waals surface area contributed by atoms with Gasteiger partial charge in [-0.15, -0.1) is 0 Å². The molecule has 1 N–H and O–H groups in total. The second-order valence-corrected chi connectivity index (χ2v) is 1.31. The summed E-state index contributed by atoms with van der Waals surface area (Å²) in [7, 11) is 6.44. The van der Waals surface area contributed by atoms with Crippen molar-refractivity contribution in [1.29, 1.82) is 0 Å². The number of hydrogen-bond donors (Lipinski definition) is 1. The molecule has 4 heteroatoms. The lowest BCUT2D eigenvalue weighted by Gasteiger charge is -2.02. The van der Waals surface area contributed by atoms with Crippen molar-refractivity contribution in [2.45, 2.75) is 0 Å². The molecule has 0 fully saturated rings. The van der Waals surface area contributed by atoms with Gasteiger partial charge in [-0.1, -0.05) is 0 Å². The SMILES string of the molecule is [B]N(C)CC(=O)O. The largest absolute Gasteiger partial charge is 0.480 e. The quantitative estimate of drug-likeness (QED) is 0.455. The van der Waals surface area contributed by atoms with Gasteiger partial charge in [-0.05, 0) is 7.05 Å². The number of carboxylic acids is 1. The predicted octanol–water partition coefficient (Wildman–Crippen LogP) is -0.914. The molecule has 0 saturated carbocycles. The predicted molar refractivity (Wildman–Crippen MR) is 26.0 cm³/mol. The van der Waals surface area contributed by atoms with Gasteiger partial charge in [0.15, 0.2) is 7.98 Å². The van der Waals surface area contributed by atoms with Crippen molar-refractivity contribution >= 4 is 14.0 Å². The molecule has 0 aliphatic rings. The summed E-state index contributed by atoms with van der Waals surface area (Å²) < 4.78 is 0. The van der Waals surface area contributed by atoms with Crippen molar-refractivity contribution in [3.8, 4) is 0 Å². The van der Waals surface area contributed by atoms with Crippen LogP contribution < -0.4 is 0 Å². The van der Waals surface area contributed by atoms with Gasteiger partial charge in [-0.3, -0.25) is 4.79 Å². The maximum Gasteiger partial charge on any atom is 0.316 e. The molecular weight excluding hydrogens is 92.8 g/mol. The zero-order chi connectivity index (χ0) is 5.86. The van der Waals surface area contributed by atoms with Gasteiger partial charge in [-0.2, -0.15) is 0 Å². The zero-order valence-corrected chi connectivity index (χ0v) is 4.09. The number of carboxylic acid groups (broad SMARTS) is 1. The van der Waals surface area contributed by atoms with Gasteiger partial charge in [0.2, 0.25) is 0 Å². The maximum atomic E-state index is 9.69. The molecule has 0 unspecified atom stereocenters. The summed E-state index contributed by atoms with van der Waals surface area (Å²) in [6.45, 7) is -0.111. The van der Waals surface area contributed by atoms with Gasteiger partial charge in [0, 0.05) is 0 Å². The Kier molecular flexibility index (Phi) is 2.44. The van der Waals surface area contributed by atoms with Gasteiger partial charge in [0.05, 0.1) is 6.54 Å². The van der Waals surface area contributed by atoms with Crippen LogP contribution in [0.25, 0.3) is 0 Å². The summed E-state index contributed by atoms with van der Waals surface area (Å²) in [6, 6.07) is 0. The van der Waals surface area contributed by atoms with E-state index in [0.717, 1.165) is 4.81 Å². The molecule has 0 amide bonds. The van der Waals surface area contributed by atoms with Gasteiger partial charge in [0.25, 0.3) is 0 Å². The average molecular weight is 98.9 g/mol. The molecule has 0 aromatic heterocycles. The minimum absolute atomic E-state index is 0.111. The first-order valence-corrected chi connectivity index (χ1v) is 1.80. The van der Waals surface area contributed by atoms with E-state index in [1.165, 1.54) is 7.05 Å². The second kappa shape index (κ2) is 2.63. The second-order valence-electron chi connectivity index (χ2n) is 1.31. The summed E-state index contributed by atoms with van der Waals surface area (Å²) in [6.07, 6.45) is 0. The zero-order valence-electron chi connectivity index (χ0n) is 4.09. The van der Waals surface area contributed by atoms with Crippen molar-refractivity contribution in [3.63, 3.8) is 0 Å². The number of likely N-dealkylation sites (N-methyl/N-ethyl adjacent to an activating group) is 1. The van der Waals surface area contributed by atoms with Gasteiger partial charge in [-0.25, -0.2) is 0 Å². The van der Waals surface area contributed by atoms with E-state index in [4.69, 9.17) is 13.1 Å². The van der Waals surface area contributed by atoms with E-state index in [1.54, 1.807) is 0 Å². The fraction of sp³-hybridized carbons (Fsp3) is 0.667. The van der Waals surface area contributed by atoms with Gasteiger partial charge < -0.3 is 9.92 Å². The summed E-state index contributed by atoms with van der Waals surface area (Å²) in [4.78, 5) is 10.8. The highest BCUT2D eigenvalue weighted by atomic mass is 16.4. The highest BCUT2D eigenvalue weighted by Gasteiger charge is 1.94. The smallest absolute Gasteiger partial charge is 0.316 e. The van der Waals surface area contributed by atoms with Crippen molar-refractivity contribution < 1.29 is 9.90 Å². The molecule has 0 aliphatic heterocycles. The van der Waals surface area contributed by atoms with E-state index in [1.807, 2.05) is 0 Å². The van der Waals surface area contributed by atoms with Crippen molar-refractivity contribution in [1.82, 2.24) is 4.81 Å². The minimum Gasteiger partial charge on any atom is -0.480 e. The summed E-state index contributed by atoms with van der Waals surface area (Å²) in [5, 5.41) is 7.96. The topological polar surface area (TPSA) is 40.5 Å². The molecule has 0 saturated heterocycles. The van der Waals surface area contributed by atoms with E-state index >= 15 is 0 Å². The van der Waals surface area contributed by atoms with Crippen LogP contribution >= 0.6 is 0 Å². The molecule has 7 heavy (non-hydrogen) atoms. The first-order valence-electron chi connectivity index (χ1n) is 1.80. The van der Waals surface area contributed by atoms with Crippen LogP contribution in [0.5, 0.6) is 0 Å². The van der Waals surface area contributed by atoms with Crippen molar-refractivity contribution in [2.75, 3.05) is 13.6 Å². The highest BCUT2D eigenvalue weighted by molar-refractivity contribution is 6.05. The lowest BCUT2D eigenvalue weighted by Crippen LogP contribution is -2.22. The van der Waals surface area contributed by atoms with Crippen LogP contribution in [0.4, 0.5) is 0 Å². The summed E-state index contributed by atoms with van der Waals surface area (Å²) >= 11 is 0. The molecule has 0 aromatic carbocycles. The third-order valence-electron chi connectivity index (χ3n) is 0.385. The fourth-order valence-electron chi connectivity index (χ4n) is 0.213. The summed E-state index contributed by atoms with van der Waals surface area (Å²) in [5.41, 5.74) is 0. The molecule has 3 nitrogen and oxygen atoms in total. The first-order chi connectivity index (χ1) is 3.13. The molecule has 0 aliphatic carbocycles. The number of rotatable bonds is 2. The Morgan fingerprint density at radius 2 is 2.43 bits per heavy atom. The normalized spacial score (nSPS) is 9.43. The minimum atomic E-state index is -0.912. The molecule has 2 radical (unpaired) electrons. The van der Waals surface area contributed by atoms with Crippen LogP contribution in [0, 0.1) is 0 Å². The lowest BCUT2D eigenvalue weighted by molar-refractivity contribution is -0.136. The molecule has 0 rings (SSSR count). The Labute approximate surface area is 43.4 Å². The van der Waals surface area contributed by atoms with Gasteiger partial charge >= 0.3 is 5.97 Å². The fourth-order valence-corrected chi connectivity index (χ4v) is 0.213. The molecule has 0 spiro atoms. The molecule has 38 valence electrons. The Hall–Kier alpha value is -0.505. The number of nitrogens with zero attached hydrogens (tertiary/aromatic N) is 1. The van der Waals surface area contributed by atoms with Crippen LogP contribution in [0.3, 0.4) is 0 Å². The van der Waals surface area contributed by atoms with Crippen molar-refractivity contribution in [2.24, 2.45) is 0 Å². The Morgan fingerprint density at radius 1 is 2.00 bits per heavy atom. The third kappa shape index (κ3) is 5.49. The van der Waals surface area contributed by atoms with Crippen molar-refractivity contribution in [3.05, 3.63) is 0 Å². The van der Waals surface area contributed by atoms with Crippen LogP contribution in [0.2, 0.25) is 0 Å². The number of carbonyl (C=O) groups is 1. The average Bonchev–Trinajstić information content (AvgIpc) is 1.27. The monoisotopic (exact) mass is 99.0 g/mol. The standard InChI is InChI=1S/C3H6BNO2/c1-5(4)2-3(6)7/h2H2,1H3,(H,6,7). The van der Waals surface area contributed by atoms with Crippen LogP contribution in [-0.2, 0) is 4.79 Å². The Balaban J connectivity index is 3.13. The van der Waals surface area contributed by atoms with Crippen LogP contribution in [0.15, 0.2) is 0 Å². The maximum absolute atomic E-state index is 9.69. The Morgan fingerprint density at radius 3 is 2.43 bits per heavy atom. The first kappa shape index (κ1) is 6.49. The van der Waals surface area contributed by atoms with Crippen LogP contribution in [-0.4, -0.2) is 37.5 Å². The number of hydrogen-bond acceptors (Lipinski definition) is 2. The highest BCUT2D eigenvalue weighted by Crippen LogP contribution is 1.68. The van der Waals surface area contributed by atoms with E-state index < -0.39 is 5.97 Å². The number of aliphatic carboxylic acids is 1. The lowest BCUT2D eigenvalue weighted by atomic mass is 10.3. The van der Waals surface area contributed by atoms with Crippen LogP contribution in [0.1, 0.15) is 0 Å². The third-order valence-corrected chi connectivity index (χ3v) is 0.385. The van der Waals surface area contributed by atoms with Gasteiger partial charge in [0.1, 0.15) is 0 Å².